The predicted molar refractivity (Wildman–Crippen MR) is 81.0 cm³/mol. The Morgan fingerprint density at radius 1 is 1.10 bits per heavy atom. The van der Waals surface area contributed by atoms with E-state index in [2.05, 4.69) is 4.99 Å². The molecule has 2 nitrogen and oxygen atoms in total. The summed E-state index contributed by atoms with van der Waals surface area (Å²) >= 11 is 1.77. The van der Waals surface area contributed by atoms with Crippen LogP contribution in [0.25, 0.3) is 0 Å². The molecule has 2 aromatic rings. The second kappa shape index (κ2) is 6.09. The van der Waals surface area contributed by atoms with Gasteiger partial charge in [-0.2, -0.15) is 0 Å². The highest BCUT2D eigenvalue weighted by molar-refractivity contribution is 8.14. The maximum absolute atomic E-state index is 13.5. The van der Waals surface area contributed by atoms with Crippen LogP contribution in [-0.4, -0.2) is 17.3 Å². The van der Waals surface area contributed by atoms with Crippen LogP contribution in [-0.2, 0) is 6.61 Å². The highest BCUT2D eigenvalue weighted by Crippen LogP contribution is 2.22. The lowest BCUT2D eigenvalue weighted by Crippen LogP contribution is -1.98. The van der Waals surface area contributed by atoms with E-state index in [-0.39, 0.29) is 12.4 Å². The Hall–Kier alpha value is -1.81. The number of hydrogen-bond donors (Lipinski definition) is 0. The van der Waals surface area contributed by atoms with Gasteiger partial charge < -0.3 is 4.74 Å². The number of halogens is 1. The average molecular weight is 287 g/mol. The van der Waals surface area contributed by atoms with Crippen molar-refractivity contribution in [3.63, 3.8) is 0 Å². The highest BCUT2D eigenvalue weighted by atomic mass is 32.2. The number of benzene rings is 2. The number of thioether (sulfide) groups is 1. The van der Waals surface area contributed by atoms with Gasteiger partial charge in [-0.05, 0) is 30.3 Å². The van der Waals surface area contributed by atoms with Crippen LogP contribution in [0.2, 0.25) is 0 Å². The molecule has 1 heterocycles. The first-order valence-electron chi connectivity index (χ1n) is 6.47. The Labute approximate surface area is 121 Å². The maximum Gasteiger partial charge on any atom is 0.129 e. The van der Waals surface area contributed by atoms with Crippen LogP contribution >= 0.6 is 11.8 Å². The topological polar surface area (TPSA) is 21.6 Å². The van der Waals surface area contributed by atoms with Gasteiger partial charge in [-0.25, -0.2) is 4.39 Å². The third-order valence-electron chi connectivity index (χ3n) is 3.04. The van der Waals surface area contributed by atoms with Gasteiger partial charge in [0.05, 0.1) is 5.04 Å². The lowest BCUT2D eigenvalue weighted by atomic mass is 10.2. The molecule has 1 aliphatic rings. The van der Waals surface area contributed by atoms with Crippen molar-refractivity contribution < 1.29 is 9.13 Å². The van der Waals surface area contributed by atoms with E-state index in [9.17, 15) is 4.39 Å². The Bertz CT molecular complexity index is 625. The summed E-state index contributed by atoms with van der Waals surface area (Å²) in [7, 11) is 0. The van der Waals surface area contributed by atoms with E-state index in [0.29, 0.717) is 5.56 Å². The molecule has 20 heavy (non-hydrogen) atoms. The van der Waals surface area contributed by atoms with Crippen LogP contribution < -0.4 is 4.74 Å². The van der Waals surface area contributed by atoms with Gasteiger partial charge in [0.15, 0.2) is 0 Å². The van der Waals surface area contributed by atoms with Gasteiger partial charge in [0.25, 0.3) is 0 Å². The summed E-state index contributed by atoms with van der Waals surface area (Å²) in [6.07, 6.45) is 0. The minimum Gasteiger partial charge on any atom is -0.489 e. The summed E-state index contributed by atoms with van der Waals surface area (Å²) < 4.78 is 19.1. The summed E-state index contributed by atoms with van der Waals surface area (Å²) in [6, 6.07) is 14.4. The molecule has 0 atom stereocenters. The Balaban J connectivity index is 1.65. The molecule has 4 heteroatoms. The van der Waals surface area contributed by atoms with E-state index < -0.39 is 0 Å². The van der Waals surface area contributed by atoms with E-state index in [1.165, 1.54) is 6.07 Å². The summed E-state index contributed by atoms with van der Waals surface area (Å²) in [5, 5.41) is 1.09. The van der Waals surface area contributed by atoms with E-state index >= 15 is 0 Å². The highest BCUT2D eigenvalue weighted by Gasteiger charge is 2.09. The fourth-order valence-electron chi connectivity index (χ4n) is 1.98. The molecule has 0 aromatic heterocycles. The van der Waals surface area contributed by atoms with E-state index in [4.69, 9.17) is 4.74 Å². The summed E-state index contributed by atoms with van der Waals surface area (Å²) in [4.78, 5) is 4.43. The molecule has 0 saturated carbocycles. The maximum atomic E-state index is 13.5. The summed E-state index contributed by atoms with van der Waals surface area (Å²) in [5.74, 6) is 1.56. The van der Waals surface area contributed by atoms with Crippen molar-refractivity contribution in [2.24, 2.45) is 4.99 Å². The molecule has 2 aromatic carbocycles. The number of ether oxygens (including phenoxy) is 1. The lowest BCUT2D eigenvalue weighted by Gasteiger charge is -2.08. The van der Waals surface area contributed by atoms with Crippen LogP contribution in [0.1, 0.15) is 11.1 Å². The molecule has 0 bridgehead atoms. The van der Waals surface area contributed by atoms with Crippen molar-refractivity contribution in [3.8, 4) is 5.75 Å². The van der Waals surface area contributed by atoms with Crippen molar-refractivity contribution >= 4 is 16.8 Å². The molecule has 1 aliphatic heterocycles. The number of rotatable bonds is 4. The smallest absolute Gasteiger partial charge is 0.129 e. The van der Waals surface area contributed by atoms with Crippen molar-refractivity contribution in [1.82, 2.24) is 0 Å². The zero-order valence-electron chi connectivity index (χ0n) is 10.9. The largest absolute Gasteiger partial charge is 0.489 e. The quantitative estimate of drug-likeness (QED) is 0.850. The molecule has 3 rings (SSSR count). The monoisotopic (exact) mass is 287 g/mol. The van der Waals surface area contributed by atoms with Gasteiger partial charge in [-0.3, -0.25) is 4.99 Å². The summed E-state index contributed by atoms with van der Waals surface area (Å²) in [5.41, 5.74) is 1.68. The molecular formula is C16H14FNOS. The standard InChI is InChI=1S/C16H14FNOS/c17-15-4-2-1-3-13(15)11-19-14-7-5-12(6-8-14)16-18-9-10-20-16/h1-8H,9-11H2. The van der Waals surface area contributed by atoms with E-state index in [0.717, 1.165) is 28.7 Å². The van der Waals surface area contributed by atoms with Gasteiger partial charge in [-0.1, -0.05) is 18.2 Å². The fourth-order valence-corrected chi connectivity index (χ4v) is 2.84. The lowest BCUT2D eigenvalue weighted by molar-refractivity contribution is 0.300. The first-order valence-corrected chi connectivity index (χ1v) is 7.45. The number of hydrogen-bond acceptors (Lipinski definition) is 3. The Kier molecular flexibility index (Phi) is 4.02. The summed E-state index contributed by atoms with van der Waals surface area (Å²) in [6.45, 7) is 1.13. The Morgan fingerprint density at radius 3 is 2.60 bits per heavy atom. The van der Waals surface area contributed by atoms with Crippen molar-refractivity contribution in [3.05, 3.63) is 65.5 Å². The SMILES string of the molecule is Fc1ccccc1COc1ccc(C2=NCCS2)cc1. The van der Waals surface area contributed by atoms with Crippen LogP contribution in [0.5, 0.6) is 5.75 Å². The van der Waals surface area contributed by atoms with Gasteiger partial charge in [0.1, 0.15) is 18.2 Å². The molecule has 0 radical (unpaired) electrons. The molecule has 0 unspecified atom stereocenters. The first kappa shape index (κ1) is 13.2. The Morgan fingerprint density at radius 2 is 1.90 bits per heavy atom. The third kappa shape index (κ3) is 3.02. The van der Waals surface area contributed by atoms with Crippen LogP contribution in [0.15, 0.2) is 53.5 Å². The number of aliphatic imine (C=N–C) groups is 1. The van der Waals surface area contributed by atoms with Gasteiger partial charge in [0, 0.05) is 23.4 Å². The second-order valence-corrected chi connectivity index (χ2v) is 5.52. The molecule has 102 valence electrons. The molecular weight excluding hydrogens is 273 g/mol. The zero-order chi connectivity index (χ0) is 13.8. The zero-order valence-corrected chi connectivity index (χ0v) is 11.7. The average Bonchev–Trinajstić information content (AvgIpc) is 3.01. The van der Waals surface area contributed by atoms with E-state index in [1.807, 2.05) is 24.3 Å². The van der Waals surface area contributed by atoms with Crippen LogP contribution in [0, 0.1) is 5.82 Å². The molecule has 0 fully saturated rings. The van der Waals surface area contributed by atoms with Crippen molar-refractivity contribution in [1.29, 1.82) is 0 Å². The van der Waals surface area contributed by atoms with Crippen molar-refractivity contribution in [2.75, 3.05) is 12.3 Å². The van der Waals surface area contributed by atoms with E-state index in [1.54, 1.807) is 30.0 Å². The predicted octanol–water partition coefficient (Wildman–Crippen LogP) is 3.90. The molecule has 0 N–H and O–H groups in total. The first-order chi connectivity index (χ1) is 9.83. The number of nitrogens with zero attached hydrogens (tertiary/aromatic N) is 1. The molecule has 0 spiro atoms. The van der Waals surface area contributed by atoms with Gasteiger partial charge >= 0.3 is 0 Å². The van der Waals surface area contributed by atoms with Gasteiger partial charge in [-0.15, -0.1) is 11.8 Å². The normalized spacial score (nSPS) is 14.2. The molecule has 0 amide bonds. The van der Waals surface area contributed by atoms with Crippen molar-refractivity contribution in [2.45, 2.75) is 6.61 Å². The molecule has 0 aliphatic carbocycles. The van der Waals surface area contributed by atoms with Crippen LogP contribution in [0.3, 0.4) is 0 Å². The molecule has 0 saturated heterocycles. The minimum absolute atomic E-state index is 0.235. The fraction of sp³-hybridized carbons (Fsp3) is 0.188. The van der Waals surface area contributed by atoms with Gasteiger partial charge in [0.2, 0.25) is 0 Å². The second-order valence-electron chi connectivity index (χ2n) is 4.44. The minimum atomic E-state index is -0.235. The van der Waals surface area contributed by atoms with Crippen LogP contribution in [0.4, 0.5) is 4.39 Å². The third-order valence-corrected chi connectivity index (χ3v) is 4.06.